The van der Waals surface area contributed by atoms with Crippen LogP contribution in [0.1, 0.15) is 12.0 Å². The van der Waals surface area contributed by atoms with E-state index in [0.29, 0.717) is 0 Å². The Morgan fingerprint density at radius 3 is 2.35 bits per heavy atom. The summed E-state index contributed by atoms with van der Waals surface area (Å²) in [5.41, 5.74) is -0.160. The van der Waals surface area contributed by atoms with Crippen molar-refractivity contribution in [2.75, 3.05) is 0 Å². The van der Waals surface area contributed by atoms with Crippen molar-refractivity contribution in [2.45, 2.75) is 29.9 Å². The van der Waals surface area contributed by atoms with Gasteiger partial charge in [-0.1, -0.05) is 17.7 Å². The molecule has 1 spiro atoms. The Balaban J connectivity index is 1.79. The molecule has 1 heterocycles. The number of aryl methyl sites for hydroxylation is 1. The van der Waals surface area contributed by atoms with Crippen LogP contribution in [0.2, 0.25) is 0 Å². The molecule has 0 amide bonds. The molecular formula is C16H14NO5S-. The van der Waals surface area contributed by atoms with Gasteiger partial charge in [0, 0.05) is 4.90 Å². The molecule has 0 saturated carbocycles. The number of ketones is 1. The molecule has 1 aromatic carbocycles. The Hall–Kier alpha value is -2.25. The first kappa shape index (κ1) is 15.6. The van der Waals surface area contributed by atoms with E-state index in [4.69, 9.17) is 4.74 Å². The zero-order valence-corrected chi connectivity index (χ0v) is 13.1. The van der Waals surface area contributed by atoms with E-state index in [1.807, 2.05) is 6.92 Å². The van der Waals surface area contributed by atoms with Crippen molar-refractivity contribution in [3.8, 4) is 0 Å². The Bertz CT molecular complexity index is 805. The smallest absolute Gasteiger partial charge is 0.290 e. The average molecular weight is 332 g/mol. The van der Waals surface area contributed by atoms with E-state index in [1.54, 1.807) is 12.1 Å². The maximum absolute atomic E-state index is 12.3. The lowest BCUT2D eigenvalue weighted by Gasteiger charge is -2.26. The van der Waals surface area contributed by atoms with Crippen molar-refractivity contribution < 1.29 is 22.7 Å². The van der Waals surface area contributed by atoms with E-state index in [2.05, 4.69) is 4.72 Å². The summed E-state index contributed by atoms with van der Waals surface area (Å²) in [5, 5.41) is 0. The summed E-state index contributed by atoms with van der Waals surface area (Å²) in [6.45, 7) is 1.84. The highest BCUT2D eigenvalue weighted by atomic mass is 32.2. The zero-order valence-electron chi connectivity index (χ0n) is 12.3. The topological polar surface area (TPSA) is 91.6 Å². The highest BCUT2D eigenvalue weighted by Crippen LogP contribution is 2.37. The van der Waals surface area contributed by atoms with Crippen LogP contribution in [0.25, 0.3) is 4.72 Å². The number of nitrogens with zero attached hydrogens (tertiary/aromatic N) is 1. The van der Waals surface area contributed by atoms with Gasteiger partial charge in [-0.05, 0) is 55.8 Å². The minimum Gasteiger partial charge on any atom is -0.533 e. The predicted octanol–water partition coefficient (Wildman–Crippen LogP) is 1.81. The summed E-state index contributed by atoms with van der Waals surface area (Å²) >= 11 is 0. The number of esters is 1. The van der Waals surface area contributed by atoms with Crippen LogP contribution in [0.4, 0.5) is 0 Å². The van der Waals surface area contributed by atoms with E-state index in [-0.39, 0.29) is 17.1 Å². The summed E-state index contributed by atoms with van der Waals surface area (Å²) in [7, 11) is -3.95. The highest BCUT2D eigenvalue weighted by molar-refractivity contribution is 7.94. The van der Waals surface area contributed by atoms with Gasteiger partial charge in [0.1, 0.15) is 15.6 Å². The molecule has 0 aromatic heterocycles. The summed E-state index contributed by atoms with van der Waals surface area (Å²) in [5.74, 6) is -0.927. The van der Waals surface area contributed by atoms with Crippen molar-refractivity contribution in [3.63, 3.8) is 0 Å². The molecule has 1 atom stereocenters. The molecule has 6 nitrogen and oxygen atoms in total. The van der Waals surface area contributed by atoms with Crippen LogP contribution in [0, 0.1) is 6.92 Å². The van der Waals surface area contributed by atoms with Crippen molar-refractivity contribution in [3.05, 3.63) is 58.9 Å². The molecule has 120 valence electrons. The van der Waals surface area contributed by atoms with E-state index in [9.17, 15) is 18.0 Å². The predicted molar refractivity (Wildman–Crippen MR) is 82.2 cm³/mol. The minimum atomic E-state index is -3.95. The third-order valence-electron chi connectivity index (χ3n) is 3.72. The number of hydrogen-bond donors (Lipinski definition) is 0. The molecule has 0 bridgehead atoms. The maximum atomic E-state index is 12.3. The lowest BCUT2D eigenvalue weighted by Crippen LogP contribution is -2.25. The van der Waals surface area contributed by atoms with Crippen molar-refractivity contribution in [1.29, 1.82) is 0 Å². The summed E-state index contributed by atoms with van der Waals surface area (Å²) in [6, 6.07) is 5.10. The van der Waals surface area contributed by atoms with Gasteiger partial charge < -0.3 is 9.46 Å². The second kappa shape index (κ2) is 5.43. The van der Waals surface area contributed by atoms with Crippen molar-refractivity contribution in [1.82, 2.24) is 0 Å². The molecule has 0 unspecified atom stereocenters. The molecule has 1 aromatic rings. The fourth-order valence-corrected chi connectivity index (χ4v) is 3.56. The Morgan fingerprint density at radius 2 is 1.74 bits per heavy atom. The number of sulfonamides is 1. The third-order valence-corrected chi connectivity index (χ3v) is 5.12. The van der Waals surface area contributed by atoms with E-state index in [1.165, 1.54) is 36.4 Å². The Morgan fingerprint density at radius 1 is 1.13 bits per heavy atom. The number of carbonyl (C=O) groups excluding carboxylic acids is 2. The summed E-state index contributed by atoms with van der Waals surface area (Å²) in [6.07, 6.45) is 5.56. The zero-order chi connectivity index (χ0) is 16.7. The molecule has 3 rings (SSSR count). The maximum Gasteiger partial charge on any atom is 0.290 e. The van der Waals surface area contributed by atoms with Gasteiger partial charge in [0.05, 0.1) is 0 Å². The highest BCUT2D eigenvalue weighted by Gasteiger charge is 2.41. The summed E-state index contributed by atoms with van der Waals surface area (Å²) < 4.78 is 33.5. The van der Waals surface area contributed by atoms with Crippen LogP contribution in [0.5, 0.6) is 0 Å². The average Bonchev–Trinajstić information content (AvgIpc) is 2.78. The van der Waals surface area contributed by atoms with Gasteiger partial charge in [0.2, 0.25) is 0 Å². The number of allylic oxidation sites excluding steroid dienone is 2. The number of hydrogen-bond acceptors (Lipinski definition) is 5. The molecule has 1 aliphatic carbocycles. The minimum absolute atomic E-state index is 0.0294. The van der Waals surface area contributed by atoms with Gasteiger partial charge >= 0.3 is 0 Å². The van der Waals surface area contributed by atoms with E-state index in [0.717, 1.165) is 5.56 Å². The molecule has 2 aliphatic rings. The lowest BCUT2D eigenvalue weighted by atomic mass is 9.93. The van der Waals surface area contributed by atoms with Crippen LogP contribution in [-0.4, -0.2) is 31.8 Å². The molecule has 1 saturated heterocycles. The monoisotopic (exact) mass is 332 g/mol. The van der Waals surface area contributed by atoms with Gasteiger partial charge in [-0.25, -0.2) is 8.42 Å². The van der Waals surface area contributed by atoms with Crippen LogP contribution >= 0.6 is 0 Å². The standard InChI is InChI=1S/C16H14NO5S/c1-11-2-4-13(5-3-11)23(20,21)17-14-10-16(22-15(14)19)8-6-12(18)7-9-16/h2-9,14H,10H2,1H3/q-1/t14-/m0/s1. The summed E-state index contributed by atoms with van der Waals surface area (Å²) in [4.78, 5) is 23.2. The molecule has 1 aliphatic heterocycles. The van der Waals surface area contributed by atoms with Gasteiger partial charge in [-0.2, -0.15) is 0 Å². The second-order valence-electron chi connectivity index (χ2n) is 5.56. The van der Waals surface area contributed by atoms with Crippen LogP contribution < -0.4 is 0 Å². The van der Waals surface area contributed by atoms with Gasteiger partial charge in [0.25, 0.3) is 5.97 Å². The fraction of sp³-hybridized carbons (Fsp3) is 0.250. The normalized spacial score (nSPS) is 22.6. The second-order valence-corrected chi connectivity index (χ2v) is 7.19. The van der Waals surface area contributed by atoms with Crippen LogP contribution in [0.15, 0.2) is 53.5 Å². The molecule has 0 radical (unpaired) electrons. The largest absolute Gasteiger partial charge is 0.533 e. The number of benzene rings is 1. The lowest BCUT2D eigenvalue weighted by molar-refractivity contribution is -0.143. The number of ether oxygens (including phenoxy) is 1. The molecule has 1 fully saturated rings. The Kier molecular flexibility index (Phi) is 3.69. The number of rotatable bonds is 3. The quantitative estimate of drug-likeness (QED) is 0.787. The van der Waals surface area contributed by atoms with Gasteiger partial charge in [0.15, 0.2) is 5.78 Å². The molecular weight excluding hydrogens is 318 g/mol. The van der Waals surface area contributed by atoms with Crippen molar-refractivity contribution >= 4 is 21.8 Å². The van der Waals surface area contributed by atoms with E-state index < -0.39 is 27.6 Å². The first-order valence-electron chi connectivity index (χ1n) is 6.99. The Labute approximate surface area is 133 Å². The molecule has 7 heteroatoms. The molecule has 23 heavy (non-hydrogen) atoms. The number of carbonyl (C=O) groups is 2. The van der Waals surface area contributed by atoms with Gasteiger partial charge in [-0.15, -0.1) is 0 Å². The fourth-order valence-electron chi connectivity index (χ4n) is 2.46. The molecule has 0 N–H and O–H groups in total. The third kappa shape index (κ3) is 3.11. The SMILES string of the molecule is Cc1ccc(S(=O)(=O)[N-][C@H]2CC3(C=CC(=O)C=C3)OC2=O)cc1. The first-order chi connectivity index (χ1) is 10.8. The van der Waals surface area contributed by atoms with Gasteiger partial charge in [-0.3, -0.25) is 9.59 Å². The van der Waals surface area contributed by atoms with E-state index >= 15 is 0 Å². The van der Waals surface area contributed by atoms with Crippen LogP contribution in [0.3, 0.4) is 0 Å². The van der Waals surface area contributed by atoms with Crippen LogP contribution in [-0.2, 0) is 24.3 Å². The first-order valence-corrected chi connectivity index (χ1v) is 8.43. The van der Waals surface area contributed by atoms with Crippen molar-refractivity contribution in [2.24, 2.45) is 0 Å².